The molecule has 0 fully saturated rings. The minimum Gasteiger partial charge on any atom is -0.307 e. The first kappa shape index (κ1) is 13.3. The lowest BCUT2D eigenvalue weighted by atomic mass is 10.1. The Labute approximate surface area is 133 Å². The molecule has 0 saturated carbocycles. The molecule has 2 heterocycles. The number of hydrogen-bond donors (Lipinski definition) is 0. The Morgan fingerprint density at radius 2 is 1.95 bits per heavy atom. The molecule has 5 heteroatoms. The molecular weight excluding hydrogens is 298 g/mol. The summed E-state index contributed by atoms with van der Waals surface area (Å²) in [5, 5.41) is 0.575. The normalized spacial score (nSPS) is 16.4. The monoisotopic (exact) mass is 311 g/mol. The van der Waals surface area contributed by atoms with E-state index in [0.717, 1.165) is 11.6 Å². The van der Waals surface area contributed by atoms with Crippen LogP contribution in [0.25, 0.3) is 0 Å². The van der Waals surface area contributed by atoms with Crippen molar-refractivity contribution in [3.8, 4) is 0 Å². The summed E-state index contributed by atoms with van der Waals surface area (Å²) in [5.41, 5.74) is 2.69. The third kappa shape index (κ3) is 2.07. The number of nitrogens with zero attached hydrogens (tertiary/aromatic N) is 3. The molecule has 0 aliphatic carbocycles. The van der Waals surface area contributed by atoms with Crippen LogP contribution in [0, 0.1) is 0 Å². The zero-order valence-electron chi connectivity index (χ0n) is 11.9. The standard InChI is InChI=1S/C17H14ClN3O/c18-13-6-7-15-14(10-13)16(22)20-9-8-19-17(20)21(15)11-12-4-2-1-3-5-12/h1-7,10H,8-9,11H2. The van der Waals surface area contributed by atoms with Crippen molar-refractivity contribution < 1.29 is 4.79 Å². The minimum absolute atomic E-state index is 0.0157. The van der Waals surface area contributed by atoms with Crippen LogP contribution in [0.3, 0.4) is 0 Å². The second-order valence-electron chi connectivity index (χ2n) is 5.37. The number of amides is 1. The van der Waals surface area contributed by atoms with E-state index in [1.165, 1.54) is 5.56 Å². The van der Waals surface area contributed by atoms with E-state index in [1.807, 2.05) is 30.3 Å². The Hall–Kier alpha value is -2.33. The lowest BCUT2D eigenvalue weighted by molar-refractivity contribution is 0.0851. The van der Waals surface area contributed by atoms with Crippen molar-refractivity contribution in [2.24, 2.45) is 4.99 Å². The summed E-state index contributed by atoms with van der Waals surface area (Å²) < 4.78 is 0. The smallest absolute Gasteiger partial charge is 0.262 e. The van der Waals surface area contributed by atoms with Crippen molar-refractivity contribution in [3.63, 3.8) is 0 Å². The van der Waals surface area contributed by atoms with Crippen LogP contribution in [0.15, 0.2) is 53.5 Å². The van der Waals surface area contributed by atoms with Crippen molar-refractivity contribution >= 4 is 29.2 Å². The Morgan fingerprint density at radius 3 is 2.77 bits per heavy atom. The van der Waals surface area contributed by atoms with Crippen LogP contribution in [-0.4, -0.2) is 29.9 Å². The lowest BCUT2D eigenvalue weighted by Crippen LogP contribution is -2.49. The van der Waals surface area contributed by atoms with Gasteiger partial charge in [-0.25, -0.2) is 0 Å². The van der Waals surface area contributed by atoms with Gasteiger partial charge in [0.1, 0.15) is 0 Å². The molecule has 110 valence electrons. The zero-order chi connectivity index (χ0) is 15.1. The number of halogens is 1. The summed E-state index contributed by atoms with van der Waals surface area (Å²) >= 11 is 6.07. The Morgan fingerprint density at radius 1 is 1.14 bits per heavy atom. The number of benzene rings is 2. The molecule has 2 aliphatic rings. The first-order valence-corrected chi connectivity index (χ1v) is 7.59. The highest BCUT2D eigenvalue weighted by Gasteiger charge is 2.37. The maximum Gasteiger partial charge on any atom is 0.262 e. The van der Waals surface area contributed by atoms with Crippen molar-refractivity contribution in [2.75, 3.05) is 18.0 Å². The maximum atomic E-state index is 12.6. The number of guanidine groups is 1. The summed E-state index contributed by atoms with van der Waals surface area (Å²) in [6.45, 7) is 1.96. The van der Waals surface area contributed by atoms with Crippen LogP contribution in [0.4, 0.5) is 5.69 Å². The number of aliphatic imine (C=N–C) groups is 1. The van der Waals surface area contributed by atoms with Crippen LogP contribution < -0.4 is 4.90 Å². The molecule has 0 N–H and O–H groups in total. The van der Waals surface area contributed by atoms with Crippen molar-refractivity contribution in [3.05, 3.63) is 64.7 Å². The quantitative estimate of drug-likeness (QED) is 0.854. The molecule has 2 aromatic carbocycles. The molecule has 0 saturated heterocycles. The average molecular weight is 312 g/mol. The van der Waals surface area contributed by atoms with Crippen LogP contribution in [0.1, 0.15) is 15.9 Å². The fourth-order valence-corrected chi connectivity index (χ4v) is 3.12. The number of carbonyl (C=O) groups is 1. The highest BCUT2D eigenvalue weighted by atomic mass is 35.5. The lowest BCUT2D eigenvalue weighted by Gasteiger charge is -2.36. The summed E-state index contributed by atoms with van der Waals surface area (Å²) in [7, 11) is 0. The fraction of sp³-hybridized carbons (Fsp3) is 0.176. The van der Waals surface area contributed by atoms with Crippen molar-refractivity contribution in [1.82, 2.24) is 4.90 Å². The SMILES string of the molecule is O=C1c2cc(Cl)ccc2N(Cc2ccccc2)C2=NCCN12. The molecule has 0 unspecified atom stereocenters. The molecule has 0 aromatic heterocycles. The number of rotatable bonds is 2. The molecule has 4 rings (SSSR count). The predicted molar refractivity (Wildman–Crippen MR) is 87.4 cm³/mol. The predicted octanol–water partition coefficient (Wildman–Crippen LogP) is 3.17. The van der Waals surface area contributed by atoms with Crippen LogP contribution in [-0.2, 0) is 6.54 Å². The van der Waals surface area contributed by atoms with Gasteiger partial charge in [-0.1, -0.05) is 41.9 Å². The number of hydrogen-bond acceptors (Lipinski definition) is 3. The van der Waals surface area contributed by atoms with Crippen molar-refractivity contribution in [1.29, 1.82) is 0 Å². The third-order valence-corrected chi connectivity index (χ3v) is 4.20. The van der Waals surface area contributed by atoms with Gasteiger partial charge in [0.25, 0.3) is 5.91 Å². The van der Waals surface area contributed by atoms with Crippen LogP contribution in [0.2, 0.25) is 5.02 Å². The molecule has 4 nitrogen and oxygen atoms in total. The van der Waals surface area contributed by atoms with Crippen molar-refractivity contribution in [2.45, 2.75) is 6.54 Å². The first-order valence-electron chi connectivity index (χ1n) is 7.21. The fourth-order valence-electron chi connectivity index (χ4n) is 2.95. The number of anilines is 1. The molecule has 22 heavy (non-hydrogen) atoms. The van der Waals surface area contributed by atoms with E-state index in [2.05, 4.69) is 22.0 Å². The van der Waals surface area contributed by atoms with E-state index in [1.54, 1.807) is 11.0 Å². The third-order valence-electron chi connectivity index (χ3n) is 3.97. The van der Waals surface area contributed by atoms with E-state index in [4.69, 9.17) is 11.6 Å². The van der Waals surface area contributed by atoms with E-state index in [-0.39, 0.29) is 5.91 Å². The molecule has 2 aromatic rings. The zero-order valence-corrected chi connectivity index (χ0v) is 12.6. The summed E-state index contributed by atoms with van der Waals surface area (Å²) in [6.07, 6.45) is 0. The van der Waals surface area contributed by atoms with Gasteiger partial charge in [-0.3, -0.25) is 14.7 Å². The van der Waals surface area contributed by atoms with Gasteiger partial charge < -0.3 is 4.90 Å². The molecular formula is C17H14ClN3O. The first-order chi connectivity index (χ1) is 10.7. The Bertz CT molecular complexity index is 773. The van der Waals surface area contributed by atoms with Gasteiger partial charge in [0, 0.05) is 11.6 Å². The number of fused-ring (bicyclic) bond motifs is 2. The summed E-state index contributed by atoms with van der Waals surface area (Å²) in [5.74, 6) is 0.724. The molecule has 1 amide bonds. The summed E-state index contributed by atoms with van der Waals surface area (Å²) in [4.78, 5) is 21.0. The Kier molecular flexibility index (Phi) is 3.12. The highest BCUT2D eigenvalue weighted by molar-refractivity contribution is 6.31. The average Bonchev–Trinajstić information content (AvgIpc) is 3.02. The van der Waals surface area contributed by atoms with Crippen LogP contribution >= 0.6 is 11.6 Å². The van der Waals surface area contributed by atoms with Gasteiger partial charge in [-0.15, -0.1) is 0 Å². The van der Waals surface area contributed by atoms with Crippen LogP contribution in [0.5, 0.6) is 0 Å². The van der Waals surface area contributed by atoms with E-state index in [0.29, 0.717) is 30.2 Å². The van der Waals surface area contributed by atoms with E-state index < -0.39 is 0 Å². The highest BCUT2D eigenvalue weighted by Crippen LogP contribution is 2.33. The maximum absolute atomic E-state index is 12.6. The molecule has 2 aliphatic heterocycles. The largest absolute Gasteiger partial charge is 0.307 e. The van der Waals surface area contributed by atoms with Gasteiger partial charge in [0.15, 0.2) is 0 Å². The molecule has 0 radical (unpaired) electrons. The molecule has 0 atom stereocenters. The second-order valence-corrected chi connectivity index (χ2v) is 5.81. The topological polar surface area (TPSA) is 35.9 Å². The van der Waals surface area contributed by atoms with Gasteiger partial charge in [-0.2, -0.15) is 0 Å². The van der Waals surface area contributed by atoms with E-state index >= 15 is 0 Å². The van der Waals surface area contributed by atoms with Gasteiger partial charge >= 0.3 is 0 Å². The summed E-state index contributed by atoms with van der Waals surface area (Å²) in [6, 6.07) is 15.6. The number of carbonyl (C=O) groups excluding carboxylic acids is 1. The second kappa shape index (κ2) is 5.14. The van der Waals surface area contributed by atoms with E-state index in [9.17, 15) is 4.79 Å². The van der Waals surface area contributed by atoms with Gasteiger partial charge in [0.2, 0.25) is 5.96 Å². The van der Waals surface area contributed by atoms with Gasteiger partial charge in [-0.05, 0) is 23.8 Å². The minimum atomic E-state index is -0.0157. The Balaban J connectivity index is 1.82. The molecule has 0 bridgehead atoms. The molecule has 0 spiro atoms. The van der Waals surface area contributed by atoms with Gasteiger partial charge in [0.05, 0.1) is 24.3 Å².